The van der Waals surface area contributed by atoms with Crippen molar-refractivity contribution in [3.8, 4) is 5.75 Å². The van der Waals surface area contributed by atoms with Crippen LogP contribution in [-0.4, -0.2) is 73.0 Å². The quantitative estimate of drug-likeness (QED) is 0.126. The molecule has 0 aliphatic carbocycles. The van der Waals surface area contributed by atoms with Crippen molar-refractivity contribution in [2.24, 2.45) is 11.5 Å². The second-order valence-corrected chi connectivity index (χ2v) is 13.6. The Balaban J connectivity index is 1.80. The van der Waals surface area contributed by atoms with Crippen molar-refractivity contribution in [2.45, 2.75) is 86.6 Å². The molecule has 274 valence electrons. The lowest BCUT2D eigenvalue weighted by atomic mass is 9.95. The van der Waals surface area contributed by atoms with Gasteiger partial charge in [-0.2, -0.15) is 0 Å². The molecular formula is C38H52N8O4S. The summed E-state index contributed by atoms with van der Waals surface area (Å²) in [6.07, 6.45) is 6.59. The molecule has 0 bridgehead atoms. The summed E-state index contributed by atoms with van der Waals surface area (Å²) in [6, 6.07) is 14.5. The first kappa shape index (κ1) is 39.4. The van der Waals surface area contributed by atoms with Crippen LogP contribution in [0.5, 0.6) is 5.75 Å². The van der Waals surface area contributed by atoms with Crippen LogP contribution in [0.15, 0.2) is 76.8 Å². The SMILES string of the molecule is C/C=C(/C[C@H]1C(=O)NCc2cc(OC)ccc2Sc2ncccc2CN[C@@H](CCCN)C(=O)N[C@@H](CCCCN)C(=O)N1C)c1ccccc1N. The lowest BCUT2D eigenvalue weighted by molar-refractivity contribution is -0.142. The second kappa shape index (κ2) is 19.8. The van der Waals surface area contributed by atoms with Crippen molar-refractivity contribution in [3.63, 3.8) is 0 Å². The van der Waals surface area contributed by atoms with E-state index in [4.69, 9.17) is 21.9 Å². The molecule has 4 rings (SSSR count). The third-order valence-electron chi connectivity index (χ3n) is 9.08. The molecule has 2 heterocycles. The zero-order valence-corrected chi connectivity index (χ0v) is 30.6. The molecule has 9 N–H and O–H groups in total. The van der Waals surface area contributed by atoms with Gasteiger partial charge in [0.1, 0.15) is 22.9 Å². The number of fused-ring (bicyclic) bond motifs is 2. The van der Waals surface area contributed by atoms with Crippen molar-refractivity contribution in [1.29, 1.82) is 0 Å². The number of nitrogens with zero attached hydrogens (tertiary/aromatic N) is 2. The number of rotatable bonds is 11. The molecular weight excluding hydrogens is 665 g/mol. The highest BCUT2D eigenvalue weighted by Gasteiger charge is 2.34. The summed E-state index contributed by atoms with van der Waals surface area (Å²) >= 11 is 1.47. The fourth-order valence-corrected chi connectivity index (χ4v) is 7.06. The Morgan fingerprint density at radius 3 is 2.45 bits per heavy atom. The number of allylic oxidation sites excluding steroid dienone is 1. The first-order valence-electron chi connectivity index (χ1n) is 17.5. The summed E-state index contributed by atoms with van der Waals surface area (Å²) < 4.78 is 5.54. The molecule has 0 spiro atoms. The van der Waals surface area contributed by atoms with Gasteiger partial charge in [-0.15, -0.1) is 0 Å². The Hall–Kier alpha value is -4.43. The van der Waals surface area contributed by atoms with E-state index in [0.717, 1.165) is 32.2 Å². The van der Waals surface area contributed by atoms with Crippen LogP contribution >= 0.6 is 11.8 Å². The number of carbonyl (C=O) groups excluding carboxylic acids is 3. The number of methoxy groups -OCH3 is 1. The van der Waals surface area contributed by atoms with Crippen molar-refractivity contribution >= 4 is 40.7 Å². The molecule has 1 aliphatic heterocycles. The summed E-state index contributed by atoms with van der Waals surface area (Å²) in [6.45, 7) is 3.29. The number of anilines is 1. The summed E-state index contributed by atoms with van der Waals surface area (Å²) in [7, 11) is 3.21. The maximum atomic E-state index is 14.4. The van der Waals surface area contributed by atoms with Crippen LogP contribution in [0.2, 0.25) is 0 Å². The highest BCUT2D eigenvalue weighted by atomic mass is 32.2. The number of aromatic nitrogens is 1. The third kappa shape index (κ3) is 10.8. The number of likely N-dealkylation sites (N-methyl/N-ethyl adjacent to an activating group) is 1. The minimum atomic E-state index is -0.928. The van der Waals surface area contributed by atoms with Gasteiger partial charge in [0.05, 0.1) is 13.2 Å². The number of hydrogen-bond donors (Lipinski definition) is 6. The van der Waals surface area contributed by atoms with E-state index in [1.54, 1.807) is 20.4 Å². The maximum Gasteiger partial charge on any atom is 0.245 e. The maximum absolute atomic E-state index is 14.4. The van der Waals surface area contributed by atoms with E-state index < -0.39 is 18.1 Å². The lowest BCUT2D eigenvalue weighted by Gasteiger charge is -2.32. The number of para-hydroxylation sites is 1. The molecule has 0 unspecified atom stereocenters. The lowest BCUT2D eigenvalue weighted by Crippen LogP contribution is -2.56. The molecule has 3 aromatic rings. The number of amides is 3. The van der Waals surface area contributed by atoms with Gasteiger partial charge in [0.15, 0.2) is 0 Å². The molecule has 0 fully saturated rings. The van der Waals surface area contributed by atoms with Gasteiger partial charge >= 0.3 is 0 Å². The zero-order valence-electron chi connectivity index (χ0n) is 29.8. The highest BCUT2D eigenvalue weighted by Crippen LogP contribution is 2.34. The van der Waals surface area contributed by atoms with Crippen molar-refractivity contribution in [3.05, 3.63) is 83.6 Å². The minimum Gasteiger partial charge on any atom is -0.497 e. The van der Waals surface area contributed by atoms with Crippen LogP contribution < -0.4 is 37.9 Å². The van der Waals surface area contributed by atoms with Crippen LogP contribution in [0.3, 0.4) is 0 Å². The first-order chi connectivity index (χ1) is 24.7. The smallest absolute Gasteiger partial charge is 0.245 e. The highest BCUT2D eigenvalue weighted by molar-refractivity contribution is 7.99. The van der Waals surface area contributed by atoms with Crippen LogP contribution in [-0.2, 0) is 27.5 Å². The average molecular weight is 717 g/mol. The van der Waals surface area contributed by atoms with E-state index in [-0.39, 0.29) is 30.7 Å². The van der Waals surface area contributed by atoms with Crippen molar-refractivity contribution in [2.75, 3.05) is 33.0 Å². The molecule has 3 atom stereocenters. The fourth-order valence-electron chi connectivity index (χ4n) is 6.06. The van der Waals surface area contributed by atoms with E-state index in [1.807, 2.05) is 67.6 Å². The normalized spacial score (nSPS) is 19.4. The molecule has 13 heteroatoms. The Bertz CT molecular complexity index is 1670. The Kier molecular flexibility index (Phi) is 15.3. The molecule has 0 radical (unpaired) electrons. The predicted molar refractivity (Wildman–Crippen MR) is 203 cm³/mol. The van der Waals surface area contributed by atoms with Gasteiger partial charge in [0.2, 0.25) is 17.7 Å². The molecule has 12 nitrogen and oxygen atoms in total. The number of hydrogen-bond acceptors (Lipinski definition) is 10. The van der Waals surface area contributed by atoms with Gasteiger partial charge in [-0.3, -0.25) is 14.4 Å². The van der Waals surface area contributed by atoms with E-state index in [0.29, 0.717) is 63.2 Å². The Morgan fingerprint density at radius 2 is 1.73 bits per heavy atom. The summed E-state index contributed by atoms with van der Waals surface area (Å²) in [5.74, 6) is -0.387. The Labute approximate surface area is 305 Å². The summed E-state index contributed by atoms with van der Waals surface area (Å²) in [5, 5.41) is 10.3. The number of pyridine rings is 1. The fraction of sp³-hybridized carbons (Fsp3) is 0.421. The molecule has 2 aromatic carbocycles. The van der Waals surface area contributed by atoms with Gasteiger partial charge in [0.25, 0.3) is 0 Å². The van der Waals surface area contributed by atoms with Gasteiger partial charge < -0.3 is 42.8 Å². The van der Waals surface area contributed by atoms with Gasteiger partial charge in [-0.1, -0.05) is 42.1 Å². The predicted octanol–water partition coefficient (Wildman–Crippen LogP) is 3.58. The van der Waals surface area contributed by atoms with Crippen LogP contribution in [0.1, 0.15) is 62.1 Å². The van der Waals surface area contributed by atoms with Crippen molar-refractivity contribution < 1.29 is 19.1 Å². The molecule has 51 heavy (non-hydrogen) atoms. The number of nitrogen functional groups attached to an aromatic ring is 1. The monoisotopic (exact) mass is 716 g/mol. The van der Waals surface area contributed by atoms with E-state index in [2.05, 4.69) is 20.9 Å². The second-order valence-electron chi connectivity index (χ2n) is 12.5. The number of ether oxygens (including phenoxy) is 1. The topological polar surface area (TPSA) is 191 Å². The summed E-state index contributed by atoms with van der Waals surface area (Å²) in [4.78, 5) is 49.7. The largest absolute Gasteiger partial charge is 0.497 e. The van der Waals surface area contributed by atoms with Gasteiger partial charge in [0, 0.05) is 48.9 Å². The minimum absolute atomic E-state index is 0.174. The third-order valence-corrected chi connectivity index (χ3v) is 10.3. The summed E-state index contributed by atoms with van der Waals surface area (Å²) in [5.41, 5.74) is 21.9. The molecule has 0 saturated heterocycles. The van der Waals surface area contributed by atoms with E-state index in [9.17, 15) is 14.4 Å². The van der Waals surface area contributed by atoms with Crippen LogP contribution in [0, 0.1) is 0 Å². The number of nitrogens with two attached hydrogens (primary N) is 3. The molecule has 0 saturated carbocycles. The molecule has 3 amide bonds. The van der Waals surface area contributed by atoms with E-state index in [1.165, 1.54) is 16.7 Å². The standard InChI is InChI=1S/C38H52N8O4S/c1-4-25(29-12-5-6-13-30(29)41)22-33-36(48)44-24-27-21-28(50-3)16-17-34(27)51-37-26(11-10-20-42-37)23-43-31(15-9-19-40)35(47)45-32(14-7-8-18-39)38(49)46(33)2/h4-6,10-13,16-17,20-21,31-33,43H,7-9,14-15,18-19,22-24,39-41H2,1-3H3,(H,44,48)(H,45,47)/b25-4-/t31-,32-,33-/m0/s1. The van der Waals surface area contributed by atoms with Crippen LogP contribution in [0.4, 0.5) is 5.69 Å². The van der Waals surface area contributed by atoms with Crippen LogP contribution in [0.25, 0.3) is 5.57 Å². The first-order valence-corrected chi connectivity index (χ1v) is 18.3. The zero-order chi connectivity index (χ0) is 36.8. The van der Waals surface area contributed by atoms with Gasteiger partial charge in [-0.05, 0) is 99.1 Å². The average Bonchev–Trinajstić information content (AvgIpc) is 3.14. The molecule has 1 aliphatic rings. The number of benzene rings is 2. The number of unbranched alkanes of at least 4 members (excludes halogenated alkanes) is 1. The number of nitrogens with one attached hydrogen (secondary N) is 3. The van der Waals surface area contributed by atoms with Crippen molar-refractivity contribution in [1.82, 2.24) is 25.8 Å². The van der Waals surface area contributed by atoms with Gasteiger partial charge in [-0.25, -0.2) is 4.98 Å². The Morgan fingerprint density at radius 1 is 0.961 bits per heavy atom. The molecule has 1 aromatic heterocycles. The number of carbonyl (C=O) groups is 3. The van der Waals surface area contributed by atoms with E-state index >= 15 is 0 Å².